The van der Waals surface area contributed by atoms with Crippen LogP contribution in [-0.2, 0) is 11.4 Å². The number of hydrogen-bond donors (Lipinski definition) is 0. The zero-order chi connectivity index (χ0) is 21.1. The maximum atomic E-state index is 14.0. The summed E-state index contributed by atoms with van der Waals surface area (Å²) in [6.07, 6.45) is -7.50. The van der Waals surface area contributed by atoms with E-state index >= 15 is 0 Å². The highest BCUT2D eigenvalue weighted by Crippen LogP contribution is 2.30. The van der Waals surface area contributed by atoms with Crippen LogP contribution in [0.1, 0.15) is 32.0 Å². The van der Waals surface area contributed by atoms with Crippen molar-refractivity contribution in [2.75, 3.05) is 0 Å². The van der Waals surface area contributed by atoms with Crippen LogP contribution in [0.4, 0.5) is 22.0 Å². The SMILES string of the molecule is CC(C)(C)[S@@+]([O-])/N=C(\c1cc(F)cc(OC(F)(F)C(F)F)c1)c1ccccn1. The molecule has 1 heterocycles. The molecule has 0 aliphatic carbocycles. The van der Waals surface area contributed by atoms with E-state index < -0.39 is 40.2 Å². The van der Waals surface area contributed by atoms with E-state index in [4.69, 9.17) is 0 Å². The third kappa shape index (κ3) is 5.65. The third-order valence-corrected chi connectivity index (χ3v) is 4.65. The summed E-state index contributed by atoms with van der Waals surface area (Å²) in [6, 6.07) is 7.08. The second kappa shape index (κ2) is 8.44. The van der Waals surface area contributed by atoms with Crippen molar-refractivity contribution in [3.63, 3.8) is 0 Å². The van der Waals surface area contributed by atoms with Crippen LogP contribution in [0, 0.1) is 5.82 Å². The maximum Gasteiger partial charge on any atom is 0.461 e. The summed E-state index contributed by atoms with van der Waals surface area (Å²) in [5.41, 5.74) is 0.0345. The molecule has 0 fully saturated rings. The van der Waals surface area contributed by atoms with Gasteiger partial charge in [0.05, 0.1) is 5.69 Å². The molecule has 152 valence electrons. The minimum atomic E-state index is -4.80. The summed E-state index contributed by atoms with van der Waals surface area (Å²) in [6.45, 7) is 4.98. The van der Waals surface area contributed by atoms with Crippen molar-refractivity contribution < 1.29 is 31.2 Å². The average Bonchev–Trinajstić information content (AvgIpc) is 2.58. The van der Waals surface area contributed by atoms with E-state index in [0.717, 1.165) is 12.1 Å². The second-order valence-electron chi connectivity index (χ2n) is 6.66. The minimum absolute atomic E-state index is 0.0569. The lowest BCUT2D eigenvalue weighted by Gasteiger charge is -2.20. The van der Waals surface area contributed by atoms with Crippen LogP contribution < -0.4 is 4.74 Å². The van der Waals surface area contributed by atoms with Gasteiger partial charge < -0.3 is 9.29 Å². The van der Waals surface area contributed by atoms with Gasteiger partial charge in [-0.05, 0) is 45.0 Å². The molecule has 0 amide bonds. The minimum Gasteiger partial charge on any atom is -0.591 e. The maximum absolute atomic E-state index is 14.0. The van der Waals surface area contributed by atoms with E-state index in [2.05, 4.69) is 14.1 Å². The molecule has 0 spiro atoms. The van der Waals surface area contributed by atoms with Gasteiger partial charge in [0.2, 0.25) is 0 Å². The Balaban J connectivity index is 2.56. The highest BCUT2D eigenvalue weighted by atomic mass is 32.2. The molecule has 0 saturated heterocycles. The molecule has 2 aromatic rings. The number of rotatable bonds is 6. The average molecular weight is 420 g/mol. The van der Waals surface area contributed by atoms with E-state index in [9.17, 15) is 26.5 Å². The predicted octanol–water partition coefficient (Wildman–Crippen LogP) is 4.76. The largest absolute Gasteiger partial charge is 0.591 e. The van der Waals surface area contributed by atoms with Gasteiger partial charge in [0, 0.05) is 17.8 Å². The Labute approximate surface area is 161 Å². The Bertz CT molecular complexity index is 842. The molecule has 28 heavy (non-hydrogen) atoms. The lowest BCUT2D eigenvalue weighted by molar-refractivity contribution is -0.253. The quantitative estimate of drug-likeness (QED) is 0.385. The topological polar surface area (TPSA) is 57.5 Å². The van der Waals surface area contributed by atoms with Crippen LogP contribution in [0.2, 0.25) is 0 Å². The van der Waals surface area contributed by atoms with Crippen molar-refractivity contribution in [2.45, 2.75) is 38.1 Å². The Kier molecular flexibility index (Phi) is 6.66. The van der Waals surface area contributed by atoms with Gasteiger partial charge in [0.1, 0.15) is 33.4 Å². The van der Waals surface area contributed by atoms with Crippen LogP contribution in [0.3, 0.4) is 0 Å². The van der Waals surface area contributed by atoms with Crippen molar-refractivity contribution in [3.8, 4) is 5.75 Å². The summed E-state index contributed by atoms with van der Waals surface area (Å²) in [4.78, 5) is 4.06. The van der Waals surface area contributed by atoms with Crippen LogP contribution in [0.25, 0.3) is 0 Å². The third-order valence-electron chi connectivity index (χ3n) is 3.26. The Morgan fingerprint density at radius 2 is 1.86 bits per heavy atom. The molecule has 1 atom stereocenters. The van der Waals surface area contributed by atoms with Crippen LogP contribution in [-0.4, -0.2) is 32.5 Å². The van der Waals surface area contributed by atoms with Gasteiger partial charge in [-0.1, -0.05) is 10.5 Å². The smallest absolute Gasteiger partial charge is 0.461 e. The van der Waals surface area contributed by atoms with Crippen molar-refractivity contribution in [2.24, 2.45) is 4.40 Å². The van der Waals surface area contributed by atoms with Gasteiger partial charge in [-0.15, -0.1) is 0 Å². The highest BCUT2D eigenvalue weighted by Gasteiger charge is 2.44. The molecular formula is C18H17F5N2O2S. The van der Waals surface area contributed by atoms with Crippen molar-refractivity contribution >= 4 is 17.1 Å². The molecule has 4 nitrogen and oxygen atoms in total. The monoisotopic (exact) mass is 420 g/mol. The predicted molar refractivity (Wildman–Crippen MR) is 95.8 cm³/mol. The van der Waals surface area contributed by atoms with Gasteiger partial charge in [-0.2, -0.15) is 17.6 Å². The number of nitrogens with zero attached hydrogens (tertiary/aromatic N) is 2. The second-order valence-corrected chi connectivity index (χ2v) is 8.56. The summed E-state index contributed by atoms with van der Waals surface area (Å²) in [5, 5.41) is 0. The lowest BCUT2D eigenvalue weighted by atomic mass is 10.1. The van der Waals surface area contributed by atoms with Crippen molar-refractivity contribution in [1.29, 1.82) is 0 Å². The Hall–Kier alpha value is -2.20. The Morgan fingerprint density at radius 1 is 1.18 bits per heavy atom. The van der Waals surface area contributed by atoms with Crippen molar-refractivity contribution in [1.82, 2.24) is 4.98 Å². The van der Waals surface area contributed by atoms with E-state index in [1.54, 1.807) is 32.9 Å². The van der Waals surface area contributed by atoms with Gasteiger partial charge in [-0.3, -0.25) is 4.98 Å². The van der Waals surface area contributed by atoms with E-state index in [1.807, 2.05) is 0 Å². The number of pyridine rings is 1. The first-order valence-electron chi connectivity index (χ1n) is 7.98. The summed E-state index contributed by atoms with van der Waals surface area (Å²) >= 11 is -1.79. The first-order chi connectivity index (χ1) is 12.9. The van der Waals surface area contributed by atoms with Gasteiger partial charge in [0.15, 0.2) is 0 Å². The van der Waals surface area contributed by atoms with E-state index in [1.165, 1.54) is 12.3 Å². The molecule has 10 heteroatoms. The number of halogens is 5. The van der Waals surface area contributed by atoms with Crippen LogP contribution >= 0.6 is 0 Å². The van der Waals surface area contributed by atoms with Crippen LogP contribution in [0.5, 0.6) is 5.75 Å². The molecule has 0 aliphatic heterocycles. The number of ether oxygens (including phenoxy) is 1. The summed E-state index contributed by atoms with van der Waals surface area (Å²) in [7, 11) is 0. The Morgan fingerprint density at radius 3 is 2.39 bits per heavy atom. The summed E-state index contributed by atoms with van der Waals surface area (Å²) in [5.74, 6) is -1.85. The lowest BCUT2D eigenvalue weighted by Crippen LogP contribution is -2.33. The van der Waals surface area contributed by atoms with Crippen LogP contribution in [0.15, 0.2) is 47.0 Å². The molecule has 2 rings (SSSR count). The molecule has 1 aromatic carbocycles. The molecule has 0 aliphatic rings. The van der Waals surface area contributed by atoms with Gasteiger partial charge in [-0.25, -0.2) is 4.39 Å². The molecular weight excluding hydrogens is 403 g/mol. The van der Waals surface area contributed by atoms with Gasteiger partial charge >= 0.3 is 12.5 Å². The first kappa shape index (κ1) is 22.1. The molecule has 0 saturated carbocycles. The number of benzene rings is 1. The standard InChI is InChI=1S/C18H17F5N2O2S/c1-17(2,3)28(26)25-15(14-6-4-5-7-24-14)11-8-12(19)10-13(9-11)27-18(22,23)16(20)21/h4-10,16H,1-3H3/b25-15+/t28-/m1/s1. The van der Waals surface area contributed by atoms with Crippen molar-refractivity contribution in [3.05, 3.63) is 59.7 Å². The fraction of sp³-hybridized carbons (Fsp3) is 0.333. The normalized spacial score (nSPS) is 14.3. The highest BCUT2D eigenvalue weighted by molar-refractivity contribution is 7.91. The molecule has 0 radical (unpaired) electrons. The molecule has 0 bridgehead atoms. The molecule has 0 N–H and O–H groups in total. The zero-order valence-electron chi connectivity index (χ0n) is 15.1. The zero-order valence-corrected chi connectivity index (χ0v) is 15.9. The van der Waals surface area contributed by atoms with Gasteiger partial charge in [0.25, 0.3) is 0 Å². The molecule has 1 aromatic heterocycles. The summed E-state index contributed by atoms with van der Waals surface area (Å²) < 4.78 is 84.9. The number of hydrogen-bond acceptors (Lipinski definition) is 4. The van der Waals surface area contributed by atoms with E-state index in [0.29, 0.717) is 6.07 Å². The molecule has 0 unspecified atom stereocenters. The number of alkyl halides is 4. The first-order valence-corrected chi connectivity index (χ1v) is 9.09. The number of aromatic nitrogens is 1. The fourth-order valence-electron chi connectivity index (χ4n) is 1.93. The van der Waals surface area contributed by atoms with E-state index in [-0.39, 0.29) is 17.0 Å². The fourth-order valence-corrected chi connectivity index (χ4v) is 2.57.